The number of benzene rings is 1. The van der Waals surface area contributed by atoms with Gasteiger partial charge in [0.1, 0.15) is 0 Å². The minimum atomic E-state index is -0.712. The molecule has 1 N–H and O–H groups in total. The summed E-state index contributed by atoms with van der Waals surface area (Å²) in [5, 5.41) is 3.66. The summed E-state index contributed by atoms with van der Waals surface area (Å²) in [6, 6.07) is 8.54. The monoisotopic (exact) mass is 268 g/mol. The maximum Gasteiger partial charge on any atom is 0.0361 e. The van der Waals surface area contributed by atoms with Gasteiger partial charge in [-0.25, -0.2) is 0 Å². The fourth-order valence-corrected chi connectivity index (χ4v) is 2.07. The fourth-order valence-electron chi connectivity index (χ4n) is 1.62. The van der Waals surface area contributed by atoms with Gasteiger partial charge in [-0.05, 0) is 30.7 Å². The molecular weight excluding hydrogens is 244 g/mol. The van der Waals surface area contributed by atoms with Crippen molar-refractivity contribution < 1.29 is 4.21 Å². The van der Waals surface area contributed by atoms with Crippen LogP contribution in [0.15, 0.2) is 24.3 Å². The minimum Gasteiger partial charge on any atom is -0.378 e. The lowest BCUT2D eigenvalue weighted by Gasteiger charge is -2.13. The van der Waals surface area contributed by atoms with Crippen LogP contribution in [0.2, 0.25) is 0 Å². The first kappa shape index (κ1) is 15.2. The maximum atomic E-state index is 11.2. The van der Waals surface area contributed by atoms with Crippen molar-refractivity contribution in [1.82, 2.24) is 5.32 Å². The van der Waals surface area contributed by atoms with Crippen molar-refractivity contribution in [1.29, 1.82) is 0 Å². The molecule has 1 rings (SSSR count). The summed E-state index contributed by atoms with van der Waals surface area (Å²) in [6.07, 6.45) is 2.73. The molecule has 0 aliphatic rings. The van der Waals surface area contributed by atoms with Crippen LogP contribution in [0.5, 0.6) is 0 Å². The molecule has 0 radical (unpaired) electrons. The van der Waals surface area contributed by atoms with E-state index in [0.29, 0.717) is 0 Å². The fraction of sp³-hybridized carbons (Fsp3) is 0.571. The van der Waals surface area contributed by atoms with Gasteiger partial charge in [0.25, 0.3) is 0 Å². The highest BCUT2D eigenvalue weighted by molar-refractivity contribution is 7.84. The summed E-state index contributed by atoms with van der Waals surface area (Å²) in [5.41, 5.74) is 2.50. The molecule has 3 nitrogen and oxygen atoms in total. The first-order valence-corrected chi connectivity index (χ1v) is 7.92. The zero-order valence-electron chi connectivity index (χ0n) is 11.8. The number of nitrogens with zero attached hydrogens (tertiary/aromatic N) is 1. The van der Waals surface area contributed by atoms with Gasteiger partial charge in [0, 0.05) is 48.6 Å². The van der Waals surface area contributed by atoms with E-state index < -0.39 is 10.8 Å². The van der Waals surface area contributed by atoms with Crippen LogP contribution in [0.1, 0.15) is 18.9 Å². The van der Waals surface area contributed by atoms with Gasteiger partial charge in [-0.15, -0.1) is 0 Å². The van der Waals surface area contributed by atoms with Crippen molar-refractivity contribution in [3.63, 3.8) is 0 Å². The Bertz CT molecular complexity index is 376. The van der Waals surface area contributed by atoms with Crippen LogP contribution in [-0.4, -0.2) is 36.4 Å². The van der Waals surface area contributed by atoms with Crippen LogP contribution in [0.25, 0.3) is 0 Å². The molecule has 18 heavy (non-hydrogen) atoms. The molecule has 4 heteroatoms. The van der Waals surface area contributed by atoms with Gasteiger partial charge >= 0.3 is 0 Å². The van der Waals surface area contributed by atoms with Gasteiger partial charge in [-0.1, -0.05) is 19.1 Å². The molecule has 2 atom stereocenters. The van der Waals surface area contributed by atoms with E-state index in [1.165, 1.54) is 11.3 Å². The Kier molecular flexibility index (Phi) is 6.36. The predicted molar refractivity (Wildman–Crippen MR) is 80.6 cm³/mol. The van der Waals surface area contributed by atoms with Gasteiger partial charge < -0.3 is 10.2 Å². The predicted octanol–water partition coefficient (Wildman–Crippen LogP) is 2.00. The van der Waals surface area contributed by atoms with Crippen LogP contribution in [0.3, 0.4) is 0 Å². The Labute approximate surface area is 113 Å². The van der Waals surface area contributed by atoms with E-state index in [0.717, 1.165) is 19.5 Å². The van der Waals surface area contributed by atoms with Crippen molar-refractivity contribution >= 4 is 16.5 Å². The van der Waals surface area contributed by atoms with Crippen molar-refractivity contribution in [2.75, 3.05) is 31.8 Å². The molecule has 0 heterocycles. The zero-order valence-corrected chi connectivity index (χ0v) is 12.6. The van der Waals surface area contributed by atoms with Crippen molar-refractivity contribution in [3.8, 4) is 0 Å². The number of anilines is 1. The van der Waals surface area contributed by atoms with Gasteiger partial charge in [-0.2, -0.15) is 0 Å². The second-order valence-corrected chi connectivity index (χ2v) is 6.64. The Morgan fingerprint density at radius 2 is 1.89 bits per heavy atom. The molecule has 0 saturated heterocycles. The number of hydrogen-bond donors (Lipinski definition) is 1. The highest BCUT2D eigenvalue weighted by Gasteiger charge is 2.04. The molecule has 0 aliphatic heterocycles. The van der Waals surface area contributed by atoms with Gasteiger partial charge in [0.2, 0.25) is 0 Å². The summed E-state index contributed by atoms with van der Waals surface area (Å²) in [5.74, 6) is 0. The Balaban J connectivity index is 2.29. The average Bonchev–Trinajstić information content (AvgIpc) is 2.34. The van der Waals surface area contributed by atoms with Crippen molar-refractivity contribution in [2.24, 2.45) is 0 Å². The van der Waals surface area contributed by atoms with Crippen LogP contribution in [-0.2, 0) is 17.3 Å². The Morgan fingerprint density at radius 3 is 2.39 bits per heavy atom. The van der Waals surface area contributed by atoms with E-state index in [1.807, 2.05) is 21.0 Å². The smallest absolute Gasteiger partial charge is 0.0361 e. The summed E-state index contributed by atoms with van der Waals surface area (Å²) < 4.78 is 11.2. The molecular formula is C14H24N2OS. The molecule has 0 saturated carbocycles. The molecule has 1 aromatic carbocycles. The van der Waals surface area contributed by atoms with E-state index in [1.54, 1.807) is 6.26 Å². The van der Waals surface area contributed by atoms with Crippen molar-refractivity contribution in [2.45, 2.75) is 25.1 Å². The molecule has 102 valence electrons. The van der Waals surface area contributed by atoms with Crippen molar-refractivity contribution in [3.05, 3.63) is 29.8 Å². The quantitative estimate of drug-likeness (QED) is 0.768. The Morgan fingerprint density at radius 1 is 1.28 bits per heavy atom. The number of nitrogens with one attached hydrogen (secondary N) is 1. The number of hydrogen-bond acceptors (Lipinski definition) is 3. The van der Waals surface area contributed by atoms with E-state index in [9.17, 15) is 4.21 Å². The molecule has 0 amide bonds. The molecule has 0 aliphatic carbocycles. The second kappa shape index (κ2) is 7.54. The second-order valence-electron chi connectivity index (χ2n) is 4.84. The third-order valence-corrected chi connectivity index (χ3v) is 4.45. The first-order chi connectivity index (χ1) is 8.50. The topological polar surface area (TPSA) is 32.3 Å². The highest BCUT2D eigenvalue weighted by Crippen LogP contribution is 2.11. The third-order valence-electron chi connectivity index (χ3n) is 3.08. The third kappa shape index (κ3) is 5.19. The standard InChI is InChI=1S/C14H24N2OS/c1-12(18(4)17)9-10-15-11-13-5-7-14(8-6-13)16(2)3/h5-8,12,15H,9-11H2,1-4H3. The highest BCUT2D eigenvalue weighted by atomic mass is 32.2. The molecule has 0 fully saturated rings. The lowest BCUT2D eigenvalue weighted by molar-refractivity contribution is 0.629. The normalized spacial score (nSPS) is 14.2. The average molecular weight is 268 g/mol. The first-order valence-electron chi connectivity index (χ1n) is 6.30. The summed E-state index contributed by atoms with van der Waals surface area (Å²) in [7, 11) is 3.37. The van der Waals surface area contributed by atoms with Crippen LogP contribution in [0.4, 0.5) is 5.69 Å². The summed E-state index contributed by atoms with van der Waals surface area (Å²) >= 11 is 0. The van der Waals surface area contributed by atoms with Crippen LogP contribution in [0, 0.1) is 0 Å². The van der Waals surface area contributed by atoms with E-state index in [4.69, 9.17) is 0 Å². The van der Waals surface area contributed by atoms with Gasteiger partial charge in [0.15, 0.2) is 0 Å². The summed E-state index contributed by atoms with van der Waals surface area (Å²) in [6.45, 7) is 3.82. The molecule has 0 spiro atoms. The lowest BCUT2D eigenvalue weighted by Crippen LogP contribution is -2.21. The molecule has 2 unspecified atom stereocenters. The largest absolute Gasteiger partial charge is 0.378 e. The zero-order chi connectivity index (χ0) is 13.5. The van der Waals surface area contributed by atoms with Gasteiger partial charge in [0.05, 0.1) is 0 Å². The van der Waals surface area contributed by atoms with E-state index >= 15 is 0 Å². The van der Waals surface area contributed by atoms with Crippen LogP contribution >= 0.6 is 0 Å². The minimum absolute atomic E-state index is 0.272. The van der Waals surface area contributed by atoms with E-state index in [2.05, 4.69) is 34.5 Å². The maximum absolute atomic E-state index is 11.2. The number of rotatable bonds is 7. The molecule has 0 bridgehead atoms. The SMILES string of the molecule is CC(CCNCc1ccc(N(C)C)cc1)S(C)=O. The lowest BCUT2D eigenvalue weighted by atomic mass is 10.2. The van der Waals surface area contributed by atoms with Gasteiger partial charge in [-0.3, -0.25) is 4.21 Å². The molecule has 1 aromatic rings. The molecule has 0 aromatic heterocycles. The van der Waals surface area contributed by atoms with Crippen LogP contribution < -0.4 is 10.2 Å². The summed E-state index contributed by atoms with van der Waals surface area (Å²) in [4.78, 5) is 2.09. The van der Waals surface area contributed by atoms with E-state index in [-0.39, 0.29) is 5.25 Å². The Hall–Kier alpha value is -0.870.